The van der Waals surface area contributed by atoms with Crippen LogP contribution in [0.1, 0.15) is 5.56 Å². The molecule has 0 fully saturated rings. The maximum absolute atomic E-state index is 5.40. The molecule has 2 N–H and O–H groups in total. The maximum Gasteiger partial charge on any atom is 0.138 e. The van der Waals surface area contributed by atoms with E-state index in [1.807, 2.05) is 30.4 Å². The Hall–Kier alpha value is -1.46. The first-order valence-corrected chi connectivity index (χ1v) is 5.61. The lowest BCUT2D eigenvalue weighted by Gasteiger charge is -2.04. The standard InChI is InChI=1S/C11H11BrN4/c12-10-6-9(2-1-5-13)3-4-11(10)16-8-14-7-15-16/h1-4,6-8H,5,13H2/b2-1+. The summed E-state index contributed by atoms with van der Waals surface area (Å²) < 4.78 is 2.68. The zero-order chi connectivity index (χ0) is 11.4. The average Bonchev–Trinajstić information content (AvgIpc) is 2.80. The molecule has 5 heteroatoms. The minimum absolute atomic E-state index is 0.544. The second kappa shape index (κ2) is 5.05. The van der Waals surface area contributed by atoms with E-state index in [0.717, 1.165) is 15.7 Å². The molecule has 0 saturated heterocycles. The SMILES string of the molecule is NC/C=C/c1ccc(-n2cncn2)c(Br)c1. The quantitative estimate of drug-likeness (QED) is 0.934. The van der Waals surface area contributed by atoms with E-state index in [-0.39, 0.29) is 0 Å². The Kier molecular flexibility index (Phi) is 3.48. The summed E-state index contributed by atoms with van der Waals surface area (Å²) in [5.74, 6) is 0. The van der Waals surface area contributed by atoms with Crippen LogP contribution in [0.15, 0.2) is 41.4 Å². The molecule has 0 aliphatic carbocycles. The van der Waals surface area contributed by atoms with E-state index >= 15 is 0 Å². The van der Waals surface area contributed by atoms with Crippen LogP contribution in [0, 0.1) is 0 Å². The number of halogens is 1. The van der Waals surface area contributed by atoms with Crippen LogP contribution in [-0.4, -0.2) is 21.3 Å². The van der Waals surface area contributed by atoms with E-state index in [1.54, 1.807) is 11.0 Å². The van der Waals surface area contributed by atoms with Gasteiger partial charge >= 0.3 is 0 Å². The Bertz CT molecular complexity index is 491. The van der Waals surface area contributed by atoms with Gasteiger partial charge in [0.2, 0.25) is 0 Å². The number of rotatable bonds is 3. The fourth-order valence-corrected chi connectivity index (χ4v) is 1.93. The average molecular weight is 279 g/mol. The van der Waals surface area contributed by atoms with Gasteiger partial charge in [0.1, 0.15) is 12.7 Å². The number of hydrogen-bond acceptors (Lipinski definition) is 3. The highest BCUT2D eigenvalue weighted by molar-refractivity contribution is 9.10. The highest BCUT2D eigenvalue weighted by atomic mass is 79.9. The smallest absolute Gasteiger partial charge is 0.138 e. The van der Waals surface area contributed by atoms with Gasteiger partial charge < -0.3 is 5.73 Å². The van der Waals surface area contributed by atoms with E-state index in [4.69, 9.17) is 5.73 Å². The molecule has 4 nitrogen and oxygen atoms in total. The third-order valence-corrected chi connectivity index (χ3v) is 2.72. The first kappa shape index (κ1) is 11.0. The molecule has 0 aliphatic rings. The third-order valence-electron chi connectivity index (χ3n) is 2.08. The summed E-state index contributed by atoms with van der Waals surface area (Å²) in [6, 6.07) is 6.01. The highest BCUT2D eigenvalue weighted by Crippen LogP contribution is 2.22. The number of aromatic nitrogens is 3. The molecule has 2 rings (SSSR count). The van der Waals surface area contributed by atoms with E-state index < -0.39 is 0 Å². The minimum atomic E-state index is 0.544. The normalized spacial score (nSPS) is 11.1. The Labute approximate surface area is 102 Å². The molecule has 0 radical (unpaired) electrons. The van der Waals surface area contributed by atoms with Gasteiger partial charge in [-0.1, -0.05) is 18.2 Å². The first-order valence-electron chi connectivity index (χ1n) is 4.82. The van der Waals surface area contributed by atoms with Crippen molar-refractivity contribution in [1.82, 2.24) is 14.8 Å². The first-order chi connectivity index (χ1) is 7.81. The summed E-state index contributed by atoms with van der Waals surface area (Å²) in [4.78, 5) is 3.91. The van der Waals surface area contributed by atoms with Gasteiger partial charge in [-0.2, -0.15) is 5.10 Å². The largest absolute Gasteiger partial charge is 0.327 e. The summed E-state index contributed by atoms with van der Waals surface area (Å²) in [5.41, 5.74) is 7.46. The second-order valence-corrected chi connectivity index (χ2v) is 4.04. The van der Waals surface area contributed by atoms with E-state index in [1.165, 1.54) is 6.33 Å². The van der Waals surface area contributed by atoms with Crippen molar-refractivity contribution in [3.63, 3.8) is 0 Å². The van der Waals surface area contributed by atoms with Gasteiger partial charge in [-0.05, 0) is 33.6 Å². The van der Waals surface area contributed by atoms with Crippen LogP contribution in [0.3, 0.4) is 0 Å². The Morgan fingerprint density at radius 2 is 2.31 bits per heavy atom. The molecule has 0 amide bonds. The molecule has 0 atom stereocenters. The molecule has 0 bridgehead atoms. The summed E-state index contributed by atoms with van der Waals surface area (Å²) in [6.45, 7) is 0.544. The molecule has 82 valence electrons. The van der Waals surface area contributed by atoms with E-state index in [0.29, 0.717) is 6.54 Å². The van der Waals surface area contributed by atoms with Crippen LogP contribution in [-0.2, 0) is 0 Å². The van der Waals surface area contributed by atoms with Crippen molar-refractivity contribution in [3.05, 3.63) is 47.0 Å². The molecule has 0 saturated carbocycles. The predicted molar refractivity (Wildman–Crippen MR) is 67.1 cm³/mol. The molecule has 1 aromatic heterocycles. The van der Waals surface area contributed by atoms with Crippen LogP contribution in [0.2, 0.25) is 0 Å². The third kappa shape index (κ3) is 2.37. The Morgan fingerprint density at radius 3 is 2.94 bits per heavy atom. The van der Waals surface area contributed by atoms with Gasteiger partial charge in [-0.25, -0.2) is 9.67 Å². The molecule has 0 spiro atoms. The molecule has 0 aliphatic heterocycles. The molecule has 16 heavy (non-hydrogen) atoms. The number of nitrogens with two attached hydrogens (primary N) is 1. The topological polar surface area (TPSA) is 56.7 Å². The fourth-order valence-electron chi connectivity index (χ4n) is 1.35. The van der Waals surface area contributed by atoms with E-state index in [9.17, 15) is 0 Å². The van der Waals surface area contributed by atoms with Crippen LogP contribution in [0.5, 0.6) is 0 Å². The van der Waals surface area contributed by atoms with Crippen molar-refractivity contribution in [2.75, 3.05) is 6.54 Å². The lowest BCUT2D eigenvalue weighted by atomic mass is 10.2. The number of hydrogen-bond donors (Lipinski definition) is 1. The molecule has 1 heterocycles. The summed E-state index contributed by atoms with van der Waals surface area (Å²) in [6.07, 6.45) is 7.07. The van der Waals surface area contributed by atoms with Crippen molar-refractivity contribution < 1.29 is 0 Å². The van der Waals surface area contributed by atoms with Gasteiger partial charge in [0.25, 0.3) is 0 Å². The zero-order valence-corrected chi connectivity index (χ0v) is 10.1. The van der Waals surface area contributed by atoms with Crippen LogP contribution >= 0.6 is 15.9 Å². The van der Waals surface area contributed by atoms with Crippen LogP contribution < -0.4 is 5.73 Å². The molecule has 0 unspecified atom stereocenters. The lowest BCUT2D eigenvalue weighted by molar-refractivity contribution is 0.874. The Morgan fingerprint density at radius 1 is 1.44 bits per heavy atom. The van der Waals surface area contributed by atoms with Crippen LogP contribution in [0.25, 0.3) is 11.8 Å². The van der Waals surface area contributed by atoms with E-state index in [2.05, 4.69) is 26.0 Å². The van der Waals surface area contributed by atoms with Gasteiger partial charge in [-0.3, -0.25) is 0 Å². The van der Waals surface area contributed by atoms with Crippen molar-refractivity contribution in [2.24, 2.45) is 5.73 Å². The van der Waals surface area contributed by atoms with Gasteiger partial charge in [0.05, 0.1) is 5.69 Å². The lowest BCUT2D eigenvalue weighted by Crippen LogP contribution is -1.96. The van der Waals surface area contributed by atoms with Crippen molar-refractivity contribution >= 4 is 22.0 Å². The number of benzene rings is 1. The van der Waals surface area contributed by atoms with Crippen molar-refractivity contribution in [1.29, 1.82) is 0 Å². The molecular weight excluding hydrogens is 268 g/mol. The van der Waals surface area contributed by atoms with Gasteiger partial charge in [0.15, 0.2) is 0 Å². The summed E-state index contributed by atoms with van der Waals surface area (Å²) >= 11 is 3.51. The summed E-state index contributed by atoms with van der Waals surface area (Å²) in [7, 11) is 0. The fraction of sp³-hybridized carbons (Fsp3) is 0.0909. The maximum atomic E-state index is 5.40. The molecular formula is C11H11BrN4. The monoisotopic (exact) mass is 278 g/mol. The number of nitrogens with zero attached hydrogens (tertiary/aromatic N) is 3. The van der Waals surface area contributed by atoms with Crippen molar-refractivity contribution in [2.45, 2.75) is 0 Å². The second-order valence-electron chi connectivity index (χ2n) is 3.19. The van der Waals surface area contributed by atoms with Crippen molar-refractivity contribution in [3.8, 4) is 5.69 Å². The van der Waals surface area contributed by atoms with Crippen LogP contribution in [0.4, 0.5) is 0 Å². The minimum Gasteiger partial charge on any atom is -0.327 e. The predicted octanol–water partition coefficient (Wildman–Crippen LogP) is 2.00. The van der Waals surface area contributed by atoms with Gasteiger partial charge in [0, 0.05) is 11.0 Å². The zero-order valence-electron chi connectivity index (χ0n) is 8.55. The molecule has 2 aromatic rings. The highest BCUT2D eigenvalue weighted by Gasteiger charge is 2.02. The molecule has 1 aromatic carbocycles. The summed E-state index contributed by atoms with van der Waals surface area (Å²) in [5, 5.41) is 4.08. The van der Waals surface area contributed by atoms with Gasteiger partial charge in [-0.15, -0.1) is 0 Å². The Balaban J connectivity index is 2.34.